The highest BCUT2D eigenvalue weighted by atomic mass is 14.5. The normalized spacial score (nSPS) is 13.4. The van der Waals surface area contributed by atoms with Crippen molar-refractivity contribution in [3.05, 3.63) is 0 Å². The molecule has 0 aromatic heterocycles. The summed E-state index contributed by atoms with van der Waals surface area (Å²) < 4.78 is 0. The van der Waals surface area contributed by atoms with E-state index in [1.807, 2.05) is 0 Å². The molecule has 0 rings (SSSR count). The Hall–Kier alpha value is -0.0400. The van der Waals surface area contributed by atoms with Gasteiger partial charge in [0, 0.05) is 0 Å². The Morgan fingerprint density at radius 3 is 1.39 bits per heavy atom. The second-order valence-corrected chi connectivity index (χ2v) is 8.67. The lowest BCUT2D eigenvalue weighted by molar-refractivity contribution is 0.203. The summed E-state index contributed by atoms with van der Waals surface area (Å²) in [5, 5.41) is 0. The van der Waals surface area contributed by atoms with Crippen LogP contribution in [0, 0.1) is 11.3 Å². The Balaban J connectivity index is 3.42. The maximum absolute atomic E-state index is 5.69. The smallest absolute Gasteiger partial charge is 0.00772 e. The maximum Gasteiger partial charge on any atom is -0.00772 e. The first-order valence-corrected chi connectivity index (χ1v) is 10.7. The minimum absolute atomic E-state index is 0.451. The molecule has 0 amide bonds. The van der Waals surface area contributed by atoms with Crippen LogP contribution >= 0.6 is 0 Å². The number of hydrogen-bond donors (Lipinski definition) is 1. The van der Waals surface area contributed by atoms with Gasteiger partial charge in [0.25, 0.3) is 0 Å². The van der Waals surface area contributed by atoms with Gasteiger partial charge in [-0.2, -0.15) is 0 Å². The summed E-state index contributed by atoms with van der Waals surface area (Å²) in [7, 11) is 0. The average Bonchev–Trinajstić information content (AvgIpc) is 2.50. The van der Waals surface area contributed by atoms with Crippen LogP contribution in [0.15, 0.2) is 0 Å². The lowest BCUT2D eigenvalue weighted by Crippen LogP contribution is -2.21. The second kappa shape index (κ2) is 15.5. The molecule has 0 saturated carbocycles. The van der Waals surface area contributed by atoms with Crippen LogP contribution in [0.1, 0.15) is 124 Å². The van der Waals surface area contributed by atoms with Crippen molar-refractivity contribution in [3.8, 4) is 0 Å². The zero-order chi connectivity index (χ0) is 17.4. The van der Waals surface area contributed by atoms with Gasteiger partial charge in [0.05, 0.1) is 0 Å². The summed E-state index contributed by atoms with van der Waals surface area (Å²) >= 11 is 0. The van der Waals surface area contributed by atoms with Crippen LogP contribution in [0.5, 0.6) is 0 Å². The van der Waals surface area contributed by atoms with Crippen LogP contribution in [0.2, 0.25) is 0 Å². The molecule has 1 atom stereocenters. The molecule has 0 bridgehead atoms. The zero-order valence-corrected chi connectivity index (χ0v) is 17.0. The van der Waals surface area contributed by atoms with E-state index in [-0.39, 0.29) is 0 Å². The fourth-order valence-electron chi connectivity index (χ4n) is 3.61. The summed E-state index contributed by atoms with van der Waals surface area (Å²) in [6.07, 6.45) is 21.2. The molecule has 0 aromatic carbocycles. The van der Waals surface area contributed by atoms with Gasteiger partial charge >= 0.3 is 0 Å². The van der Waals surface area contributed by atoms with Gasteiger partial charge in [0.2, 0.25) is 0 Å². The van der Waals surface area contributed by atoms with E-state index in [0.717, 1.165) is 12.5 Å². The summed E-state index contributed by atoms with van der Waals surface area (Å²) in [4.78, 5) is 0. The fraction of sp³-hybridized carbons (Fsp3) is 1.00. The van der Waals surface area contributed by atoms with E-state index >= 15 is 0 Å². The quantitative estimate of drug-likeness (QED) is 0.292. The molecule has 1 unspecified atom stereocenters. The van der Waals surface area contributed by atoms with Crippen LogP contribution in [0.3, 0.4) is 0 Å². The third-order valence-electron chi connectivity index (χ3n) is 5.39. The Morgan fingerprint density at radius 1 is 0.609 bits per heavy atom. The van der Waals surface area contributed by atoms with Crippen molar-refractivity contribution in [2.75, 3.05) is 6.54 Å². The van der Waals surface area contributed by atoms with Gasteiger partial charge in [-0.1, -0.05) is 105 Å². The highest BCUT2D eigenvalue weighted by Gasteiger charge is 2.23. The molecule has 0 aliphatic carbocycles. The van der Waals surface area contributed by atoms with E-state index in [0.29, 0.717) is 5.41 Å². The van der Waals surface area contributed by atoms with E-state index in [4.69, 9.17) is 5.73 Å². The van der Waals surface area contributed by atoms with Gasteiger partial charge in [0.1, 0.15) is 0 Å². The van der Waals surface area contributed by atoms with Crippen molar-refractivity contribution in [3.63, 3.8) is 0 Å². The summed E-state index contributed by atoms with van der Waals surface area (Å²) in [6, 6.07) is 0. The molecule has 140 valence electrons. The predicted octanol–water partition coefficient (Wildman–Crippen LogP) is 7.48. The lowest BCUT2D eigenvalue weighted by atomic mass is 9.75. The standard InChI is InChI=1S/C22H47N/c1-5-6-7-8-9-10-11-12-13-14-15-16-18-21(19-17-20-23)22(2,3)4/h21H,5-20,23H2,1-4H3. The summed E-state index contributed by atoms with van der Waals surface area (Å²) in [5.41, 5.74) is 6.14. The molecule has 0 heterocycles. The molecule has 0 aliphatic rings. The van der Waals surface area contributed by atoms with Crippen LogP contribution < -0.4 is 5.73 Å². The first-order valence-electron chi connectivity index (χ1n) is 10.7. The average molecular weight is 326 g/mol. The second-order valence-electron chi connectivity index (χ2n) is 8.67. The number of hydrogen-bond acceptors (Lipinski definition) is 1. The van der Waals surface area contributed by atoms with E-state index < -0.39 is 0 Å². The minimum atomic E-state index is 0.451. The number of nitrogens with two attached hydrogens (primary N) is 1. The third kappa shape index (κ3) is 15.2. The fourth-order valence-corrected chi connectivity index (χ4v) is 3.61. The van der Waals surface area contributed by atoms with Gasteiger partial charge in [0.15, 0.2) is 0 Å². The minimum Gasteiger partial charge on any atom is -0.330 e. The topological polar surface area (TPSA) is 26.0 Å². The molecule has 0 saturated heterocycles. The van der Waals surface area contributed by atoms with Crippen molar-refractivity contribution >= 4 is 0 Å². The molecular formula is C22H47N. The molecule has 0 aromatic rings. The summed E-state index contributed by atoms with van der Waals surface area (Å²) in [6.45, 7) is 10.3. The Bertz CT molecular complexity index is 229. The van der Waals surface area contributed by atoms with Crippen molar-refractivity contribution in [2.24, 2.45) is 17.1 Å². The lowest BCUT2D eigenvalue weighted by Gasteiger charge is -2.31. The van der Waals surface area contributed by atoms with Crippen molar-refractivity contribution in [1.82, 2.24) is 0 Å². The van der Waals surface area contributed by atoms with Gasteiger partial charge in [-0.05, 0) is 37.1 Å². The third-order valence-corrected chi connectivity index (χ3v) is 5.39. The number of unbranched alkanes of at least 4 members (excludes halogenated alkanes) is 11. The van der Waals surface area contributed by atoms with Crippen LogP contribution in [0.4, 0.5) is 0 Å². The molecule has 1 heteroatoms. The van der Waals surface area contributed by atoms with E-state index in [1.165, 1.54) is 96.3 Å². The SMILES string of the molecule is CCCCCCCCCCCCCCC(CCCN)C(C)(C)C. The van der Waals surface area contributed by atoms with Crippen molar-refractivity contribution in [1.29, 1.82) is 0 Å². The molecule has 23 heavy (non-hydrogen) atoms. The first kappa shape index (κ1) is 23.0. The largest absolute Gasteiger partial charge is 0.330 e. The molecule has 0 radical (unpaired) electrons. The van der Waals surface area contributed by atoms with E-state index in [9.17, 15) is 0 Å². The molecule has 2 N–H and O–H groups in total. The van der Waals surface area contributed by atoms with Crippen molar-refractivity contribution in [2.45, 2.75) is 124 Å². The Labute approximate surface area is 148 Å². The van der Waals surface area contributed by atoms with Gasteiger partial charge in [-0.15, -0.1) is 0 Å². The highest BCUT2D eigenvalue weighted by molar-refractivity contribution is 4.74. The molecule has 0 spiro atoms. The van der Waals surface area contributed by atoms with Crippen LogP contribution in [-0.2, 0) is 0 Å². The van der Waals surface area contributed by atoms with E-state index in [2.05, 4.69) is 27.7 Å². The van der Waals surface area contributed by atoms with Gasteiger partial charge in [-0.3, -0.25) is 0 Å². The van der Waals surface area contributed by atoms with Crippen LogP contribution in [0.25, 0.3) is 0 Å². The predicted molar refractivity (Wildman–Crippen MR) is 107 cm³/mol. The molecular weight excluding hydrogens is 278 g/mol. The first-order chi connectivity index (χ1) is 11.0. The highest BCUT2D eigenvalue weighted by Crippen LogP contribution is 2.33. The van der Waals surface area contributed by atoms with E-state index in [1.54, 1.807) is 0 Å². The number of rotatable bonds is 16. The van der Waals surface area contributed by atoms with Crippen molar-refractivity contribution < 1.29 is 0 Å². The van der Waals surface area contributed by atoms with Gasteiger partial charge < -0.3 is 5.73 Å². The zero-order valence-electron chi connectivity index (χ0n) is 17.0. The monoisotopic (exact) mass is 325 g/mol. The molecule has 0 fully saturated rings. The Morgan fingerprint density at radius 2 is 1.00 bits per heavy atom. The van der Waals surface area contributed by atoms with Gasteiger partial charge in [-0.25, -0.2) is 0 Å². The summed E-state index contributed by atoms with van der Waals surface area (Å²) in [5.74, 6) is 0.856. The van der Waals surface area contributed by atoms with Crippen LogP contribution in [-0.4, -0.2) is 6.54 Å². The Kier molecular flexibility index (Phi) is 15.5. The maximum atomic E-state index is 5.69. The molecule has 0 aliphatic heterocycles. The molecule has 1 nitrogen and oxygen atoms in total.